The van der Waals surface area contributed by atoms with Gasteiger partial charge >= 0.3 is 0 Å². The van der Waals surface area contributed by atoms with Crippen molar-refractivity contribution in [2.24, 2.45) is 10.8 Å². The summed E-state index contributed by atoms with van der Waals surface area (Å²) in [6.45, 7) is 0.116. The Morgan fingerprint density at radius 3 is 2.65 bits per heavy atom. The molecule has 20 heavy (non-hydrogen) atoms. The predicted octanol–water partition coefficient (Wildman–Crippen LogP) is 2.21. The summed E-state index contributed by atoms with van der Waals surface area (Å²) in [5, 5.41) is 3.22. The second-order valence-electron chi connectivity index (χ2n) is 5.02. The van der Waals surface area contributed by atoms with E-state index in [0.717, 1.165) is 18.9 Å². The van der Waals surface area contributed by atoms with Crippen molar-refractivity contribution in [2.45, 2.75) is 44.7 Å². The molecule has 2 rings (SSSR count). The molecule has 1 aliphatic carbocycles. The number of hydrogen-bond acceptors (Lipinski definition) is 2. The fourth-order valence-electron chi connectivity index (χ4n) is 2.39. The van der Waals surface area contributed by atoms with E-state index >= 15 is 0 Å². The molecule has 1 aromatic carbocycles. The minimum Gasteiger partial charge on any atom is -0.353 e. The van der Waals surface area contributed by atoms with Crippen LogP contribution in [0.4, 0.5) is 8.78 Å². The van der Waals surface area contributed by atoms with Crippen LogP contribution in [0.3, 0.4) is 0 Å². The molecule has 1 aromatic rings. The summed E-state index contributed by atoms with van der Waals surface area (Å²) in [6.07, 6.45) is 5.84. The maximum absolute atomic E-state index is 13.5. The molecular formula is C14H20F2N4. The summed E-state index contributed by atoms with van der Waals surface area (Å²) in [5.74, 6) is 4.68. The lowest BCUT2D eigenvalue weighted by molar-refractivity contribution is 0.410. The Morgan fingerprint density at radius 1 is 1.25 bits per heavy atom. The molecule has 0 aromatic heterocycles. The molecule has 4 nitrogen and oxygen atoms in total. The van der Waals surface area contributed by atoms with Crippen LogP contribution in [0.15, 0.2) is 23.2 Å². The van der Waals surface area contributed by atoms with Gasteiger partial charge in [0, 0.05) is 17.7 Å². The van der Waals surface area contributed by atoms with Gasteiger partial charge in [0.15, 0.2) is 0 Å². The minimum atomic E-state index is -0.595. The molecular weight excluding hydrogens is 262 g/mol. The van der Waals surface area contributed by atoms with Gasteiger partial charge < -0.3 is 5.32 Å². The van der Waals surface area contributed by atoms with Crippen LogP contribution in [0.25, 0.3) is 0 Å². The summed E-state index contributed by atoms with van der Waals surface area (Å²) < 4.78 is 26.3. The van der Waals surface area contributed by atoms with Crippen molar-refractivity contribution < 1.29 is 8.78 Å². The minimum absolute atomic E-state index is 0.116. The molecule has 0 atom stereocenters. The van der Waals surface area contributed by atoms with Crippen LogP contribution in [0.1, 0.15) is 37.7 Å². The number of nitrogens with zero attached hydrogens (tertiary/aromatic N) is 1. The second kappa shape index (κ2) is 7.19. The highest BCUT2D eigenvalue weighted by Crippen LogP contribution is 2.17. The molecule has 4 N–H and O–H groups in total. The standard InChI is InChI=1S/C14H20F2N4/c15-11-7-6-10(13(16)8-11)9-18-14(20-17)19-12-4-2-1-3-5-12/h6-8,12H,1-5,9,17H2,(H2,18,19,20). The van der Waals surface area contributed by atoms with Crippen LogP contribution in [-0.4, -0.2) is 12.0 Å². The third-order valence-corrected chi connectivity index (χ3v) is 3.51. The summed E-state index contributed by atoms with van der Waals surface area (Å²) >= 11 is 0. The van der Waals surface area contributed by atoms with Crippen molar-refractivity contribution in [3.8, 4) is 0 Å². The van der Waals surface area contributed by atoms with Crippen molar-refractivity contribution in [1.82, 2.24) is 10.7 Å². The quantitative estimate of drug-likeness (QED) is 0.345. The number of nitrogens with two attached hydrogens (primary N) is 1. The average molecular weight is 282 g/mol. The van der Waals surface area contributed by atoms with Crippen molar-refractivity contribution in [1.29, 1.82) is 0 Å². The Morgan fingerprint density at radius 2 is 2.00 bits per heavy atom. The maximum atomic E-state index is 13.5. The number of nitrogens with one attached hydrogen (secondary N) is 2. The third kappa shape index (κ3) is 4.16. The summed E-state index contributed by atoms with van der Waals surface area (Å²) in [6, 6.07) is 3.83. The lowest BCUT2D eigenvalue weighted by atomic mass is 9.96. The molecule has 0 spiro atoms. The Kier molecular flexibility index (Phi) is 5.29. The van der Waals surface area contributed by atoms with Crippen LogP contribution in [-0.2, 0) is 6.54 Å². The van der Waals surface area contributed by atoms with E-state index in [1.54, 1.807) is 0 Å². The van der Waals surface area contributed by atoms with E-state index in [2.05, 4.69) is 15.7 Å². The number of benzene rings is 1. The zero-order valence-electron chi connectivity index (χ0n) is 11.3. The van der Waals surface area contributed by atoms with Gasteiger partial charge in [0.05, 0.1) is 6.54 Å². The van der Waals surface area contributed by atoms with Gasteiger partial charge in [-0.05, 0) is 18.9 Å². The van der Waals surface area contributed by atoms with Crippen molar-refractivity contribution in [2.75, 3.05) is 0 Å². The van der Waals surface area contributed by atoms with Gasteiger partial charge in [-0.15, -0.1) is 0 Å². The number of rotatable bonds is 3. The molecule has 0 saturated heterocycles. The van der Waals surface area contributed by atoms with E-state index in [9.17, 15) is 8.78 Å². The van der Waals surface area contributed by atoms with Crippen LogP contribution in [0.2, 0.25) is 0 Å². The Bertz CT molecular complexity index is 470. The van der Waals surface area contributed by atoms with Crippen LogP contribution < -0.4 is 16.6 Å². The van der Waals surface area contributed by atoms with Crippen molar-refractivity contribution in [3.05, 3.63) is 35.4 Å². The Hall–Kier alpha value is -1.69. The van der Waals surface area contributed by atoms with Crippen molar-refractivity contribution in [3.63, 3.8) is 0 Å². The molecule has 0 amide bonds. The maximum Gasteiger partial charge on any atom is 0.206 e. The molecule has 110 valence electrons. The van der Waals surface area contributed by atoms with E-state index in [1.165, 1.54) is 31.4 Å². The molecule has 1 saturated carbocycles. The SMILES string of the molecule is NNC(=NCc1ccc(F)cc1F)NC1CCCCC1. The molecule has 0 unspecified atom stereocenters. The van der Waals surface area contributed by atoms with Crippen LogP contribution in [0, 0.1) is 11.6 Å². The second-order valence-corrected chi connectivity index (χ2v) is 5.02. The zero-order valence-corrected chi connectivity index (χ0v) is 11.3. The highest BCUT2D eigenvalue weighted by atomic mass is 19.1. The van der Waals surface area contributed by atoms with Gasteiger partial charge in [0.1, 0.15) is 11.6 Å². The van der Waals surface area contributed by atoms with Gasteiger partial charge in [-0.3, -0.25) is 5.43 Å². The lowest BCUT2D eigenvalue weighted by Gasteiger charge is -2.24. The first-order valence-corrected chi connectivity index (χ1v) is 6.90. The first kappa shape index (κ1) is 14.7. The van der Waals surface area contributed by atoms with Crippen LogP contribution in [0.5, 0.6) is 0 Å². The number of hydrogen-bond donors (Lipinski definition) is 3. The number of halogens is 2. The highest BCUT2D eigenvalue weighted by molar-refractivity contribution is 5.79. The topological polar surface area (TPSA) is 62.4 Å². The average Bonchev–Trinajstić information content (AvgIpc) is 2.46. The van der Waals surface area contributed by atoms with Gasteiger partial charge in [-0.25, -0.2) is 19.6 Å². The molecule has 0 bridgehead atoms. The third-order valence-electron chi connectivity index (χ3n) is 3.51. The molecule has 6 heteroatoms. The number of aliphatic imine (C=N–C) groups is 1. The van der Waals surface area contributed by atoms with Crippen LogP contribution >= 0.6 is 0 Å². The highest BCUT2D eigenvalue weighted by Gasteiger charge is 2.14. The Labute approximate surface area is 117 Å². The van der Waals surface area contributed by atoms with Crippen molar-refractivity contribution >= 4 is 5.96 Å². The van der Waals surface area contributed by atoms with E-state index < -0.39 is 11.6 Å². The smallest absolute Gasteiger partial charge is 0.206 e. The fourth-order valence-corrected chi connectivity index (χ4v) is 2.39. The summed E-state index contributed by atoms with van der Waals surface area (Å²) in [5.41, 5.74) is 2.83. The zero-order chi connectivity index (χ0) is 14.4. The summed E-state index contributed by atoms with van der Waals surface area (Å²) in [4.78, 5) is 4.20. The largest absolute Gasteiger partial charge is 0.353 e. The predicted molar refractivity (Wildman–Crippen MR) is 74.8 cm³/mol. The van der Waals surface area contributed by atoms with Gasteiger partial charge in [0.25, 0.3) is 0 Å². The van der Waals surface area contributed by atoms with E-state index in [0.29, 0.717) is 17.6 Å². The summed E-state index contributed by atoms with van der Waals surface area (Å²) in [7, 11) is 0. The van der Waals surface area contributed by atoms with Gasteiger partial charge in [-0.2, -0.15) is 0 Å². The molecule has 1 fully saturated rings. The first-order chi connectivity index (χ1) is 9.69. The normalized spacial score (nSPS) is 17.1. The lowest BCUT2D eigenvalue weighted by Crippen LogP contribution is -2.47. The van der Waals surface area contributed by atoms with E-state index in [4.69, 9.17) is 5.84 Å². The fraction of sp³-hybridized carbons (Fsp3) is 0.500. The van der Waals surface area contributed by atoms with Gasteiger partial charge in [0.2, 0.25) is 5.96 Å². The molecule has 0 radical (unpaired) electrons. The Balaban J connectivity index is 1.96. The number of hydrazine groups is 1. The molecule has 0 heterocycles. The number of guanidine groups is 1. The van der Waals surface area contributed by atoms with E-state index in [1.807, 2.05) is 0 Å². The monoisotopic (exact) mass is 282 g/mol. The van der Waals surface area contributed by atoms with E-state index in [-0.39, 0.29) is 6.54 Å². The molecule has 1 aliphatic rings. The molecule has 0 aliphatic heterocycles. The van der Waals surface area contributed by atoms with Gasteiger partial charge in [-0.1, -0.05) is 25.3 Å². The first-order valence-electron chi connectivity index (χ1n) is 6.90.